The molecule has 18 heavy (non-hydrogen) atoms. The van der Waals surface area contributed by atoms with E-state index in [1.807, 2.05) is 0 Å². The van der Waals surface area contributed by atoms with Gasteiger partial charge >= 0.3 is 0 Å². The number of hydrogen-bond acceptors (Lipinski definition) is 7. The standard InChI is InChI=1S/C10H12O7Si/c1-4(11)7(14)10(17-18,8(15)5(2)12)9(16)6(3)13/h1-3,18H3. The molecule has 0 bridgehead atoms. The van der Waals surface area contributed by atoms with Crippen molar-refractivity contribution in [1.29, 1.82) is 0 Å². The molecule has 0 rings (SSSR count). The Hall–Kier alpha value is -1.80. The van der Waals surface area contributed by atoms with Crippen LogP contribution in [0.5, 0.6) is 0 Å². The maximum absolute atomic E-state index is 11.7. The molecule has 0 spiro atoms. The lowest BCUT2D eigenvalue weighted by Gasteiger charge is -2.25. The molecular formula is C10H12O7Si. The van der Waals surface area contributed by atoms with Crippen LogP contribution in [-0.4, -0.2) is 50.8 Å². The van der Waals surface area contributed by atoms with Crippen molar-refractivity contribution in [1.82, 2.24) is 0 Å². The average molecular weight is 272 g/mol. The molecule has 0 amide bonds. The lowest BCUT2D eigenvalue weighted by atomic mass is 9.83. The topological polar surface area (TPSA) is 112 Å². The fraction of sp³-hybridized carbons (Fsp3) is 0.400. The molecule has 0 unspecified atom stereocenters. The quantitative estimate of drug-likeness (QED) is 0.286. The van der Waals surface area contributed by atoms with Crippen molar-refractivity contribution in [2.45, 2.75) is 26.4 Å². The van der Waals surface area contributed by atoms with Crippen molar-refractivity contribution < 1.29 is 33.2 Å². The first kappa shape index (κ1) is 16.2. The summed E-state index contributed by atoms with van der Waals surface area (Å²) in [6, 6.07) is 0. The number of carbonyl (C=O) groups is 6. The Labute approximate surface area is 105 Å². The summed E-state index contributed by atoms with van der Waals surface area (Å²) in [5, 5.41) is 0. The first-order valence-corrected chi connectivity index (χ1v) is 5.65. The third kappa shape index (κ3) is 2.54. The van der Waals surface area contributed by atoms with E-state index >= 15 is 0 Å². The van der Waals surface area contributed by atoms with Crippen molar-refractivity contribution in [2.75, 3.05) is 0 Å². The van der Waals surface area contributed by atoms with E-state index in [4.69, 9.17) is 0 Å². The highest BCUT2D eigenvalue weighted by Gasteiger charge is 2.56. The van der Waals surface area contributed by atoms with Crippen LogP contribution in [0.4, 0.5) is 0 Å². The summed E-state index contributed by atoms with van der Waals surface area (Å²) >= 11 is 0. The van der Waals surface area contributed by atoms with Crippen LogP contribution in [0.15, 0.2) is 0 Å². The summed E-state index contributed by atoms with van der Waals surface area (Å²) < 4.78 is 4.64. The maximum Gasteiger partial charge on any atom is 0.256 e. The van der Waals surface area contributed by atoms with Crippen molar-refractivity contribution in [3.63, 3.8) is 0 Å². The summed E-state index contributed by atoms with van der Waals surface area (Å²) in [6.45, 7) is 2.45. The van der Waals surface area contributed by atoms with Gasteiger partial charge in [0.2, 0.25) is 17.3 Å². The minimum atomic E-state index is -2.92. The Bertz CT molecular complexity index is 398. The molecule has 0 N–H and O–H groups in total. The molecule has 0 saturated heterocycles. The van der Waals surface area contributed by atoms with E-state index < -0.39 is 40.3 Å². The smallest absolute Gasteiger partial charge is 0.256 e. The zero-order chi connectivity index (χ0) is 14.7. The second-order valence-electron chi connectivity index (χ2n) is 3.54. The molecular weight excluding hydrogens is 260 g/mol. The van der Waals surface area contributed by atoms with E-state index in [-0.39, 0.29) is 10.5 Å². The monoisotopic (exact) mass is 272 g/mol. The van der Waals surface area contributed by atoms with E-state index in [9.17, 15) is 28.8 Å². The first-order valence-electron chi connectivity index (χ1n) is 4.84. The van der Waals surface area contributed by atoms with Gasteiger partial charge in [-0.2, -0.15) is 0 Å². The molecule has 0 aliphatic heterocycles. The summed E-state index contributed by atoms with van der Waals surface area (Å²) in [5.74, 6) is -7.94. The highest BCUT2D eigenvalue weighted by Crippen LogP contribution is 2.17. The van der Waals surface area contributed by atoms with Crippen molar-refractivity contribution in [3.8, 4) is 0 Å². The van der Waals surface area contributed by atoms with Crippen LogP contribution >= 0.6 is 0 Å². The fourth-order valence-electron chi connectivity index (χ4n) is 1.33. The molecule has 98 valence electrons. The predicted molar refractivity (Wildman–Crippen MR) is 60.8 cm³/mol. The Balaban J connectivity index is 6.10. The van der Waals surface area contributed by atoms with Gasteiger partial charge < -0.3 is 4.43 Å². The van der Waals surface area contributed by atoms with Gasteiger partial charge in [0.05, 0.1) is 0 Å². The van der Waals surface area contributed by atoms with Crippen LogP contribution in [0, 0.1) is 0 Å². The average Bonchev–Trinajstić information content (AvgIpc) is 2.29. The van der Waals surface area contributed by atoms with Gasteiger partial charge in [-0.3, -0.25) is 28.8 Å². The number of hydrogen-bond donors (Lipinski definition) is 0. The molecule has 0 atom stereocenters. The van der Waals surface area contributed by atoms with Crippen LogP contribution in [0.25, 0.3) is 0 Å². The van der Waals surface area contributed by atoms with E-state index in [1.54, 1.807) is 0 Å². The van der Waals surface area contributed by atoms with E-state index in [2.05, 4.69) is 4.43 Å². The highest BCUT2D eigenvalue weighted by molar-refractivity contribution is 6.66. The molecule has 0 aliphatic carbocycles. The normalized spacial score (nSPS) is 10.8. The van der Waals surface area contributed by atoms with E-state index in [0.717, 1.165) is 20.8 Å². The molecule has 0 aromatic heterocycles. The molecule has 0 radical (unpaired) electrons. The lowest BCUT2D eigenvalue weighted by molar-refractivity contribution is -0.163. The van der Waals surface area contributed by atoms with Gasteiger partial charge in [0.15, 0.2) is 17.3 Å². The largest absolute Gasteiger partial charge is 0.404 e. The van der Waals surface area contributed by atoms with Gasteiger partial charge in [0.1, 0.15) is 10.5 Å². The Morgan fingerprint density at radius 1 is 0.722 bits per heavy atom. The van der Waals surface area contributed by atoms with Crippen LogP contribution in [-0.2, 0) is 33.2 Å². The van der Waals surface area contributed by atoms with Gasteiger partial charge in [-0.05, 0) is 0 Å². The molecule has 0 fully saturated rings. The second-order valence-corrected chi connectivity index (χ2v) is 3.95. The van der Waals surface area contributed by atoms with Gasteiger partial charge in [0.25, 0.3) is 5.60 Å². The third-order valence-electron chi connectivity index (χ3n) is 2.22. The Morgan fingerprint density at radius 2 is 0.944 bits per heavy atom. The number of carbonyl (C=O) groups excluding carboxylic acids is 6. The van der Waals surface area contributed by atoms with Crippen molar-refractivity contribution >= 4 is 45.2 Å². The molecule has 0 aromatic rings. The minimum absolute atomic E-state index is 0.292. The Morgan fingerprint density at radius 3 is 1.06 bits per heavy atom. The van der Waals surface area contributed by atoms with E-state index in [0.29, 0.717) is 0 Å². The molecule has 8 heteroatoms. The van der Waals surface area contributed by atoms with Gasteiger partial charge in [0, 0.05) is 20.8 Å². The zero-order valence-corrected chi connectivity index (χ0v) is 12.4. The van der Waals surface area contributed by atoms with Gasteiger partial charge in [-0.15, -0.1) is 0 Å². The maximum atomic E-state index is 11.7. The molecule has 0 aromatic carbocycles. The number of Topliss-reactive ketones (excluding diaryl/α,β-unsaturated/α-hetero) is 6. The minimum Gasteiger partial charge on any atom is -0.404 e. The van der Waals surface area contributed by atoms with Crippen LogP contribution in [0.2, 0.25) is 0 Å². The fourth-order valence-corrected chi connectivity index (χ4v) is 1.89. The Kier molecular flexibility index (Phi) is 5.12. The summed E-state index contributed by atoms with van der Waals surface area (Å²) in [7, 11) is -0.292. The highest BCUT2D eigenvalue weighted by atomic mass is 28.2. The second kappa shape index (κ2) is 5.69. The SMILES string of the molecule is CC(=O)C(=O)C(O[SiH3])(C(=O)C(C)=O)C(=O)C(C)=O. The van der Waals surface area contributed by atoms with Crippen LogP contribution < -0.4 is 0 Å². The van der Waals surface area contributed by atoms with Crippen LogP contribution in [0.3, 0.4) is 0 Å². The number of ketones is 6. The molecule has 0 aliphatic rings. The number of rotatable bonds is 7. The summed E-state index contributed by atoms with van der Waals surface area (Å²) in [6.07, 6.45) is 0. The summed E-state index contributed by atoms with van der Waals surface area (Å²) in [4.78, 5) is 68.3. The molecule has 0 saturated carbocycles. The predicted octanol–water partition coefficient (Wildman–Crippen LogP) is -2.50. The van der Waals surface area contributed by atoms with Gasteiger partial charge in [-0.25, -0.2) is 0 Å². The van der Waals surface area contributed by atoms with Crippen molar-refractivity contribution in [3.05, 3.63) is 0 Å². The first-order chi connectivity index (χ1) is 8.12. The summed E-state index contributed by atoms with van der Waals surface area (Å²) in [5.41, 5.74) is -2.92. The molecule has 0 heterocycles. The molecule has 7 nitrogen and oxygen atoms in total. The van der Waals surface area contributed by atoms with Crippen molar-refractivity contribution in [2.24, 2.45) is 0 Å². The lowest BCUT2D eigenvalue weighted by Crippen LogP contribution is -2.61. The van der Waals surface area contributed by atoms with E-state index in [1.165, 1.54) is 0 Å². The van der Waals surface area contributed by atoms with Gasteiger partial charge in [-0.1, -0.05) is 0 Å². The third-order valence-corrected chi connectivity index (χ3v) is 2.84. The van der Waals surface area contributed by atoms with Crippen LogP contribution in [0.1, 0.15) is 20.8 Å². The zero-order valence-electron chi connectivity index (χ0n) is 10.4.